The molecule has 1 atom stereocenters. The highest BCUT2D eigenvalue weighted by molar-refractivity contribution is 7.07. The van der Waals surface area contributed by atoms with Crippen molar-refractivity contribution in [3.63, 3.8) is 0 Å². The minimum Gasteiger partial charge on any atom is -0.490 e. The highest BCUT2D eigenvalue weighted by Crippen LogP contribution is 2.35. The van der Waals surface area contributed by atoms with Crippen LogP contribution in [0.2, 0.25) is 5.02 Å². The maximum absolute atomic E-state index is 14.0. The fourth-order valence-electron chi connectivity index (χ4n) is 4.65. The van der Waals surface area contributed by atoms with E-state index in [4.69, 9.17) is 30.5 Å². The molecule has 0 saturated heterocycles. The molecular formula is C32H29ClN2O6S. The smallest absolute Gasteiger partial charge is 0.337 e. The molecule has 8 nitrogen and oxygen atoms in total. The highest BCUT2D eigenvalue weighted by Gasteiger charge is 2.31. The van der Waals surface area contributed by atoms with Crippen LogP contribution in [-0.4, -0.2) is 30.9 Å². The fraction of sp³-hybridized carbons (Fsp3) is 0.219. The summed E-state index contributed by atoms with van der Waals surface area (Å²) in [5.41, 5.74) is 2.25. The molecule has 216 valence electrons. The Morgan fingerprint density at radius 1 is 0.976 bits per heavy atom. The Hall–Kier alpha value is -4.34. The predicted octanol–water partition coefficient (Wildman–Crippen LogP) is 5.05. The number of thiazole rings is 1. The summed E-state index contributed by atoms with van der Waals surface area (Å²) < 4.78 is 24.7. The average Bonchev–Trinajstić information content (AvgIpc) is 3.31. The van der Waals surface area contributed by atoms with E-state index >= 15 is 0 Å². The first-order valence-corrected chi connectivity index (χ1v) is 14.6. The molecule has 0 N–H and O–H groups in total. The summed E-state index contributed by atoms with van der Waals surface area (Å²) in [5, 5.41) is 0.632. The zero-order valence-electron chi connectivity index (χ0n) is 23.3. The van der Waals surface area contributed by atoms with Crippen molar-refractivity contribution in [1.82, 2.24) is 4.57 Å². The molecule has 10 heteroatoms. The minimum absolute atomic E-state index is 0.230. The first-order chi connectivity index (χ1) is 20.4. The third-order valence-corrected chi connectivity index (χ3v) is 7.73. The van der Waals surface area contributed by atoms with Crippen LogP contribution in [0.1, 0.15) is 36.6 Å². The number of hydrogen-bond acceptors (Lipinski definition) is 8. The quantitative estimate of drug-likeness (QED) is 0.236. The second-order valence-corrected chi connectivity index (χ2v) is 10.7. The highest BCUT2D eigenvalue weighted by atomic mass is 35.5. The standard InChI is InChI=1S/C32H29ClN2O6S/c1-4-39-26-14-13-22(16-27(26)40-5-2)29-24(31(37)38-3)18-34-32-35(29)30(36)28(42-32)17-21-10-6-7-12-25(21)41-19-20-9-8-11-23(33)15-20/h6-18,29H,4-5,19H2,1-3H3/b28-17+/t29-/m1/s1. The van der Waals surface area contributed by atoms with E-state index in [1.165, 1.54) is 29.2 Å². The molecule has 4 aromatic rings. The molecule has 0 spiro atoms. The Kier molecular flexibility index (Phi) is 9.09. The number of methoxy groups -OCH3 is 1. The molecule has 0 radical (unpaired) electrons. The predicted molar refractivity (Wildman–Crippen MR) is 162 cm³/mol. The molecule has 0 bridgehead atoms. The zero-order valence-corrected chi connectivity index (χ0v) is 24.9. The Morgan fingerprint density at radius 2 is 1.76 bits per heavy atom. The van der Waals surface area contributed by atoms with Gasteiger partial charge in [0.2, 0.25) is 0 Å². The summed E-state index contributed by atoms with van der Waals surface area (Å²) in [6.07, 6.45) is 3.24. The minimum atomic E-state index is -0.778. The number of para-hydroxylation sites is 1. The topological polar surface area (TPSA) is 88.4 Å². The maximum atomic E-state index is 14.0. The number of benzene rings is 3. The largest absolute Gasteiger partial charge is 0.490 e. The Bertz CT molecular complexity index is 1830. The molecular weight excluding hydrogens is 576 g/mol. The lowest BCUT2D eigenvalue weighted by molar-refractivity contribution is -0.136. The Labute approximate surface area is 251 Å². The lowest BCUT2D eigenvalue weighted by Gasteiger charge is -2.23. The van der Waals surface area contributed by atoms with Gasteiger partial charge in [-0.15, -0.1) is 0 Å². The van der Waals surface area contributed by atoms with Crippen LogP contribution in [0.15, 0.2) is 88.3 Å². The molecule has 0 amide bonds. The summed E-state index contributed by atoms with van der Waals surface area (Å²) in [7, 11) is 1.30. The van der Waals surface area contributed by atoms with Crippen molar-refractivity contribution in [1.29, 1.82) is 0 Å². The summed E-state index contributed by atoms with van der Waals surface area (Å²) in [6.45, 7) is 4.97. The van der Waals surface area contributed by atoms with Gasteiger partial charge >= 0.3 is 5.97 Å². The van der Waals surface area contributed by atoms with E-state index in [1.54, 1.807) is 18.2 Å². The Balaban J connectivity index is 1.58. The van der Waals surface area contributed by atoms with Gasteiger partial charge in [0, 0.05) is 16.8 Å². The van der Waals surface area contributed by atoms with Crippen LogP contribution in [0.4, 0.5) is 0 Å². The van der Waals surface area contributed by atoms with E-state index in [1.807, 2.05) is 68.4 Å². The van der Waals surface area contributed by atoms with Gasteiger partial charge in [-0.1, -0.05) is 59.3 Å². The van der Waals surface area contributed by atoms with Crippen molar-refractivity contribution in [3.05, 3.63) is 120 Å². The molecule has 1 aromatic heterocycles. The van der Waals surface area contributed by atoms with Gasteiger partial charge < -0.3 is 18.9 Å². The monoisotopic (exact) mass is 604 g/mol. The van der Waals surface area contributed by atoms with Crippen molar-refractivity contribution < 1.29 is 23.7 Å². The van der Waals surface area contributed by atoms with E-state index in [-0.39, 0.29) is 11.1 Å². The molecule has 1 aliphatic heterocycles. The lowest BCUT2D eigenvalue weighted by Crippen LogP contribution is -2.39. The van der Waals surface area contributed by atoms with Gasteiger partial charge in [0.05, 0.1) is 36.5 Å². The first kappa shape index (κ1) is 29.2. The molecule has 2 heterocycles. The van der Waals surface area contributed by atoms with Crippen molar-refractivity contribution >= 4 is 35.0 Å². The van der Waals surface area contributed by atoms with Crippen LogP contribution in [0.25, 0.3) is 6.08 Å². The van der Waals surface area contributed by atoms with Gasteiger partial charge in [-0.3, -0.25) is 9.36 Å². The number of carbonyl (C=O) groups is 1. The fourth-order valence-corrected chi connectivity index (χ4v) is 5.82. The van der Waals surface area contributed by atoms with Gasteiger partial charge in [0.15, 0.2) is 16.3 Å². The van der Waals surface area contributed by atoms with Gasteiger partial charge in [-0.05, 0) is 61.4 Å². The number of halogens is 1. The summed E-state index contributed by atoms with van der Waals surface area (Å²) in [5.74, 6) is 1.13. The molecule has 1 aliphatic rings. The third-order valence-electron chi connectivity index (χ3n) is 6.50. The van der Waals surface area contributed by atoms with E-state index in [0.29, 0.717) is 57.0 Å². The van der Waals surface area contributed by atoms with Crippen molar-refractivity contribution in [2.45, 2.75) is 26.5 Å². The van der Waals surface area contributed by atoms with Gasteiger partial charge in [0.1, 0.15) is 12.4 Å². The number of esters is 1. The second-order valence-electron chi connectivity index (χ2n) is 9.20. The molecule has 0 fully saturated rings. The lowest BCUT2D eigenvalue weighted by atomic mass is 9.97. The van der Waals surface area contributed by atoms with Crippen LogP contribution in [0.5, 0.6) is 17.2 Å². The van der Waals surface area contributed by atoms with Crippen molar-refractivity contribution in [2.75, 3.05) is 20.3 Å². The van der Waals surface area contributed by atoms with Gasteiger partial charge in [-0.25, -0.2) is 9.79 Å². The molecule has 0 saturated carbocycles. The summed E-state index contributed by atoms with van der Waals surface area (Å²) in [6, 6.07) is 19.5. The summed E-state index contributed by atoms with van der Waals surface area (Å²) >= 11 is 7.35. The number of fused-ring (bicyclic) bond motifs is 1. The third kappa shape index (κ3) is 6.12. The van der Waals surface area contributed by atoms with E-state index in [9.17, 15) is 9.59 Å². The molecule has 5 rings (SSSR count). The number of rotatable bonds is 10. The molecule has 3 aromatic carbocycles. The number of carbonyl (C=O) groups excluding carboxylic acids is 1. The van der Waals surface area contributed by atoms with E-state index < -0.39 is 12.0 Å². The molecule has 0 unspecified atom stereocenters. The van der Waals surface area contributed by atoms with Crippen molar-refractivity contribution in [2.24, 2.45) is 4.99 Å². The number of aromatic nitrogens is 1. The summed E-state index contributed by atoms with van der Waals surface area (Å²) in [4.78, 5) is 31.7. The van der Waals surface area contributed by atoms with E-state index in [2.05, 4.69) is 4.99 Å². The molecule has 0 aliphatic carbocycles. The SMILES string of the molecule is CCOc1ccc([C@@H]2C(C(=O)OC)=CN=c3s/c(=C/c4ccccc4OCc4cccc(Cl)c4)c(=O)n32)cc1OCC. The average molecular weight is 605 g/mol. The van der Waals surface area contributed by atoms with Crippen LogP contribution in [-0.2, 0) is 16.1 Å². The van der Waals surface area contributed by atoms with Crippen molar-refractivity contribution in [3.8, 4) is 17.2 Å². The van der Waals surface area contributed by atoms with Crippen LogP contribution < -0.4 is 29.1 Å². The number of hydrogen-bond donors (Lipinski definition) is 0. The van der Waals surface area contributed by atoms with Gasteiger partial charge in [0.25, 0.3) is 5.56 Å². The first-order valence-electron chi connectivity index (χ1n) is 13.4. The van der Waals surface area contributed by atoms with E-state index in [0.717, 1.165) is 11.1 Å². The molecule has 42 heavy (non-hydrogen) atoms. The second kappa shape index (κ2) is 13.1. The van der Waals surface area contributed by atoms with Crippen LogP contribution in [0, 0.1) is 0 Å². The number of ether oxygens (including phenoxy) is 4. The van der Waals surface area contributed by atoms with Crippen LogP contribution >= 0.6 is 22.9 Å². The Morgan fingerprint density at radius 3 is 2.52 bits per heavy atom. The number of nitrogens with zero attached hydrogens (tertiary/aromatic N) is 2. The van der Waals surface area contributed by atoms with Gasteiger partial charge in [-0.2, -0.15) is 0 Å². The maximum Gasteiger partial charge on any atom is 0.337 e. The van der Waals surface area contributed by atoms with Crippen LogP contribution in [0.3, 0.4) is 0 Å². The zero-order chi connectivity index (χ0) is 29.6. The normalized spacial score (nSPS) is 14.4.